The minimum absolute atomic E-state index is 0.685. The molecule has 0 bridgehead atoms. The van der Waals surface area contributed by atoms with Crippen LogP contribution in [0.3, 0.4) is 0 Å². The summed E-state index contributed by atoms with van der Waals surface area (Å²) in [6.07, 6.45) is 0. The van der Waals surface area contributed by atoms with Crippen molar-refractivity contribution < 1.29 is 4.84 Å². The molecule has 0 aliphatic rings. The Kier molecular flexibility index (Phi) is 3.32. The van der Waals surface area contributed by atoms with Crippen molar-refractivity contribution in [1.29, 1.82) is 0 Å². The lowest BCUT2D eigenvalue weighted by atomic mass is 10.3. The minimum atomic E-state index is 0.685. The molecule has 0 amide bonds. The molecule has 22 heavy (non-hydrogen) atoms. The summed E-state index contributed by atoms with van der Waals surface area (Å²) in [7, 11) is 1.54. The van der Waals surface area contributed by atoms with Crippen LogP contribution in [0.15, 0.2) is 53.7 Å². The zero-order chi connectivity index (χ0) is 14.9. The Morgan fingerprint density at radius 3 is 1.82 bits per heavy atom. The summed E-state index contributed by atoms with van der Waals surface area (Å²) < 4.78 is 2.25. The molecule has 6 heteroatoms. The molecule has 0 spiro atoms. The molecule has 4 nitrogen and oxygen atoms in total. The van der Waals surface area contributed by atoms with Crippen LogP contribution >= 0.6 is 22.7 Å². The highest BCUT2D eigenvalue weighted by molar-refractivity contribution is 7.23. The van der Waals surface area contributed by atoms with E-state index in [1.165, 1.54) is 0 Å². The van der Waals surface area contributed by atoms with Gasteiger partial charge in [0.1, 0.15) is 17.1 Å². The van der Waals surface area contributed by atoms with Crippen LogP contribution < -0.4 is 0 Å². The molecule has 0 radical (unpaired) electrons. The fourth-order valence-electron chi connectivity index (χ4n) is 2.21. The first-order valence-corrected chi connectivity index (χ1v) is 8.31. The van der Waals surface area contributed by atoms with Gasteiger partial charge in [-0.3, -0.25) is 0 Å². The van der Waals surface area contributed by atoms with Gasteiger partial charge in [0, 0.05) is 0 Å². The Morgan fingerprint density at radius 2 is 1.36 bits per heavy atom. The number of nitrogens with zero attached hydrogens (tertiary/aromatic N) is 3. The summed E-state index contributed by atoms with van der Waals surface area (Å²) in [5.74, 6) is 0. The van der Waals surface area contributed by atoms with Crippen molar-refractivity contribution in [1.82, 2.24) is 9.97 Å². The first-order valence-electron chi connectivity index (χ1n) is 6.68. The highest BCUT2D eigenvalue weighted by atomic mass is 32.1. The summed E-state index contributed by atoms with van der Waals surface area (Å²) in [5, 5.41) is 5.81. The van der Waals surface area contributed by atoms with Gasteiger partial charge >= 0.3 is 0 Å². The molecule has 0 saturated heterocycles. The second kappa shape index (κ2) is 5.47. The Hall–Kier alpha value is -2.31. The van der Waals surface area contributed by atoms with Crippen molar-refractivity contribution in [2.45, 2.75) is 0 Å². The van der Waals surface area contributed by atoms with Crippen molar-refractivity contribution in [2.24, 2.45) is 5.16 Å². The topological polar surface area (TPSA) is 47.4 Å². The van der Waals surface area contributed by atoms with Crippen LogP contribution in [0.1, 0.15) is 10.0 Å². The standard InChI is InChI=1S/C16H11N3OS2/c1-20-19-14(15-17-10-6-2-4-8-12(10)21-15)16-18-11-7-3-5-9-13(11)22-16/h2-9H,1H3. The number of benzene rings is 2. The molecular formula is C16H11N3OS2. The minimum Gasteiger partial charge on any atom is -0.398 e. The number of fused-ring (bicyclic) bond motifs is 2. The van der Waals surface area contributed by atoms with Crippen molar-refractivity contribution >= 4 is 48.8 Å². The average molecular weight is 325 g/mol. The largest absolute Gasteiger partial charge is 0.398 e. The summed E-state index contributed by atoms with van der Waals surface area (Å²) in [4.78, 5) is 14.3. The fourth-order valence-corrected chi connectivity index (χ4v) is 4.17. The summed E-state index contributed by atoms with van der Waals surface area (Å²) in [6.45, 7) is 0. The molecule has 0 aliphatic heterocycles. The third-order valence-corrected chi connectivity index (χ3v) is 5.26. The monoisotopic (exact) mass is 325 g/mol. The Morgan fingerprint density at radius 1 is 0.864 bits per heavy atom. The lowest BCUT2D eigenvalue weighted by molar-refractivity contribution is 0.214. The van der Waals surface area contributed by atoms with Crippen molar-refractivity contribution in [3.63, 3.8) is 0 Å². The lowest BCUT2D eigenvalue weighted by Gasteiger charge is -1.96. The van der Waals surface area contributed by atoms with Crippen LogP contribution in [0.25, 0.3) is 20.4 Å². The highest BCUT2D eigenvalue weighted by Gasteiger charge is 2.17. The van der Waals surface area contributed by atoms with Gasteiger partial charge in [-0.15, -0.1) is 22.7 Å². The molecule has 4 aromatic rings. The molecular weight excluding hydrogens is 314 g/mol. The van der Waals surface area contributed by atoms with Gasteiger partial charge < -0.3 is 4.84 Å². The Balaban J connectivity index is 1.88. The van der Waals surface area contributed by atoms with E-state index in [-0.39, 0.29) is 0 Å². The quantitative estimate of drug-likeness (QED) is 0.417. The van der Waals surface area contributed by atoms with E-state index >= 15 is 0 Å². The zero-order valence-electron chi connectivity index (χ0n) is 11.7. The summed E-state index contributed by atoms with van der Waals surface area (Å²) >= 11 is 3.19. The van der Waals surface area contributed by atoms with Crippen LogP contribution in [0.4, 0.5) is 0 Å². The first kappa shape index (κ1) is 13.4. The van der Waals surface area contributed by atoms with E-state index in [4.69, 9.17) is 4.84 Å². The molecule has 0 unspecified atom stereocenters. The van der Waals surface area contributed by atoms with Gasteiger partial charge in [-0.2, -0.15) is 0 Å². The van der Waals surface area contributed by atoms with Gasteiger partial charge in [0.2, 0.25) is 0 Å². The number of thiazole rings is 2. The average Bonchev–Trinajstić information content (AvgIpc) is 3.15. The van der Waals surface area contributed by atoms with Crippen LogP contribution in [-0.2, 0) is 4.84 Å². The predicted molar refractivity (Wildman–Crippen MR) is 91.9 cm³/mol. The number of hydrogen-bond donors (Lipinski definition) is 0. The maximum atomic E-state index is 5.03. The molecule has 0 fully saturated rings. The fraction of sp³-hybridized carbons (Fsp3) is 0.0625. The van der Waals surface area contributed by atoms with E-state index in [0.29, 0.717) is 5.71 Å². The van der Waals surface area contributed by atoms with E-state index in [0.717, 1.165) is 30.4 Å². The second-order valence-electron chi connectivity index (χ2n) is 4.60. The van der Waals surface area contributed by atoms with Gasteiger partial charge in [-0.05, 0) is 24.3 Å². The number of oxime groups is 1. The number of rotatable bonds is 3. The highest BCUT2D eigenvalue weighted by Crippen LogP contribution is 2.28. The second-order valence-corrected chi connectivity index (χ2v) is 6.66. The van der Waals surface area contributed by atoms with Crippen LogP contribution in [-0.4, -0.2) is 22.8 Å². The molecule has 0 atom stereocenters. The summed E-state index contributed by atoms with van der Waals surface area (Å²) in [5.41, 5.74) is 2.62. The van der Waals surface area contributed by atoms with Gasteiger partial charge in [0.15, 0.2) is 5.71 Å². The van der Waals surface area contributed by atoms with Crippen LogP contribution in [0.5, 0.6) is 0 Å². The molecule has 0 N–H and O–H groups in total. The van der Waals surface area contributed by atoms with E-state index < -0.39 is 0 Å². The van der Waals surface area contributed by atoms with Gasteiger partial charge in [0.25, 0.3) is 0 Å². The zero-order valence-corrected chi connectivity index (χ0v) is 13.3. The van der Waals surface area contributed by atoms with Crippen molar-refractivity contribution in [2.75, 3.05) is 7.11 Å². The number of aromatic nitrogens is 2. The van der Waals surface area contributed by atoms with E-state index in [2.05, 4.69) is 27.3 Å². The molecule has 2 aromatic carbocycles. The third-order valence-electron chi connectivity index (χ3n) is 3.18. The number of hydrogen-bond acceptors (Lipinski definition) is 6. The molecule has 2 heterocycles. The Bertz CT molecular complexity index is 845. The van der Waals surface area contributed by atoms with Crippen molar-refractivity contribution in [3.8, 4) is 0 Å². The van der Waals surface area contributed by atoms with Crippen LogP contribution in [0, 0.1) is 0 Å². The van der Waals surface area contributed by atoms with E-state index in [1.54, 1.807) is 29.8 Å². The first-order chi connectivity index (χ1) is 10.8. The van der Waals surface area contributed by atoms with Crippen molar-refractivity contribution in [3.05, 3.63) is 58.5 Å². The molecule has 2 aromatic heterocycles. The smallest absolute Gasteiger partial charge is 0.174 e. The third kappa shape index (κ3) is 2.26. The van der Waals surface area contributed by atoms with Gasteiger partial charge in [0.05, 0.1) is 20.4 Å². The maximum absolute atomic E-state index is 5.03. The SMILES string of the molecule is CON=C(c1nc2ccccc2s1)c1nc2ccccc2s1. The van der Waals surface area contributed by atoms with E-state index in [9.17, 15) is 0 Å². The molecule has 4 rings (SSSR count). The maximum Gasteiger partial charge on any atom is 0.174 e. The molecule has 0 saturated carbocycles. The number of para-hydroxylation sites is 2. The summed E-state index contributed by atoms with van der Waals surface area (Å²) in [6, 6.07) is 16.1. The normalized spacial score (nSPS) is 11.0. The predicted octanol–water partition coefficient (Wildman–Crippen LogP) is 4.30. The lowest BCUT2D eigenvalue weighted by Crippen LogP contribution is -2.02. The van der Waals surface area contributed by atoms with E-state index in [1.807, 2.05) is 36.4 Å². The van der Waals surface area contributed by atoms with Gasteiger partial charge in [-0.1, -0.05) is 29.4 Å². The van der Waals surface area contributed by atoms with Crippen LogP contribution in [0.2, 0.25) is 0 Å². The van der Waals surface area contributed by atoms with Gasteiger partial charge in [-0.25, -0.2) is 9.97 Å². The molecule has 0 aliphatic carbocycles. The molecule has 108 valence electrons. The Labute approximate surface area is 134 Å².